The zero-order valence-corrected chi connectivity index (χ0v) is 19.9. The van der Waals surface area contributed by atoms with Gasteiger partial charge in [0.1, 0.15) is 6.61 Å². The van der Waals surface area contributed by atoms with Gasteiger partial charge in [0.15, 0.2) is 0 Å². The van der Waals surface area contributed by atoms with Crippen LogP contribution in [-0.2, 0) is 14.3 Å². The number of carbonyl (C=O) groups is 3. The molecule has 0 aromatic heterocycles. The number of amides is 2. The Balaban J connectivity index is 1.12. The molecule has 2 amide bonds. The van der Waals surface area contributed by atoms with E-state index in [1.165, 1.54) is 22.3 Å². The van der Waals surface area contributed by atoms with E-state index in [-0.39, 0.29) is 24.9 Å². The van der Waals surface area contributed by atoms with Crippen LogP contribution in [0.25, 0.3) is 11.1 Å². The Labute approximate surface area is 205 Å². The maximum Gasteiger partial charge on any atom is 0.407 e. The van der Waals surface area contributed by atoms with E-state index >= 15 is 0 Å². The Morgan fingerprint density at radius 2 is 1.63 bits per heavy atom. The van der Waals surface area contributed by atoms with Gasteiger partial charge in [0, 0.05) is 25.4 Å². The van der Waals surface area contributed by atoms with Crippen molar-refractivity contribution in [1.29, 1.82) is 0 Å². The molecule has 1 heterocycles. The van der Waals surface area contributed by atoms with Crippen LogP contribution in [-0.4, -0.2) is 53.2 Å². The number of carboxylic acid groups (broad SMARTS) is 1. The van der Waals surface area contributed by atoms with Crippen LogP contribution < -0.4 is 5.32 Å². The fraction of sp³-hybridized carbons (Fsp3) is 0.464. The van der Waals surface area contributed by atoms with Crippen LogP contribution >= 0.6 is 0 Å². The lowest BCUT2D eigenvalue weighted by Gasteiger charge is -2.45. The van der Waals surface area contributed by atoms with E-state index in [1.807, 2.05) is 29.2 Å². The number of nitrogens with one attached hydrogen (secondary N) is 1. The number of hydrogen-bond acceptors (Lipinski definition) is 4. The second kappa shape index (κ2) is 9.72. The number of fused-ring (bicyclic) bond motifs is 3. The van der Waals surface area contributed by atoms with Crippen molar-refractivity contribution >= 4 is 18.0 Å². The van der Waals surface area contributed by atoms with Crippen LogP contribution in [0, 0.1) is 5.92 Å². The van der Waals surface area contributed by atoms with Crippen molar-refractivity contribution in [3.8, 4) is 11.1 Å². The highest BCUT2D eigenvalue weighted by Gasteiger charge is 2.43. The molecule has 1 aliphatic heterocycles. The Morgan fingerprint density at radius 3 is 2.20 bits per heavy atom. The van der Waals surface area contributed by atoms with Crippen molar-refractivity contribution in [3.05, 3.63) is 59.7 Å². The highest BCUT2D eigenvalue weighted by molar-refractivity contribution is 5.80. The summed E-state index contributed by atoms with van der Waals surface area (Å²) in [6, 6.07) is 16.5. The summed E-state index contributed by atoms with van der Waals surface area (Å²) < 4.78 is 5.71. The Kier molecular flexibility index (Phi) is 6.50. The van der Waals surface area contributed by atoms with Gasteiger partial charge >= 0.3 is 12.1 Å². The minimum atomic E-state index is -0.775. The quantitative estimate of drug-likeness (QED) is 0.554. The van der Waals surface area contributed by atoms with Crippen LogP contribution in [0.5, 0.6) is 0 Å². The van der Waals surface area contributed by atoms with E-state index in [1.54, 1.807) is 0 Å². The number of rotatable bonds is 9. The minimum absolute atomic E-state index is 0.00581. The number of aliphatic carboxylic acids is 1. The summed E-state index contributed by atoms with van der Waals surface area (Å²) in [6.45, 7) is 1.62. The van der Waals surface area contributed by atoms with Crippen molar-refractivity contribution < 1.29 is 24.2 Å². The molecule has 2 aromatic carbocycles. The molecule has 7 nitrogen and oxygen atoms in total. The fourth-order valence-electron chi connectivity index (χ4n) is 5.70. The zero-order valence-electron chi connectivity index (χ0n) is 19.9. The van der Waals surface area contributed by atoms with Gasteiger partial charge in [-0.2, -0.15) is 0 Å². The second-order valence-electron chi connectivity index (χ2n) is 10.2. The topological polar surface area (TPSA) is 95.9 Å². The molecule has 7 heteroatoms. The summed E-state index contributed by atoms with van der Waals surface area (Å²) >= 11 is 0. The summed E-state index contributed by atoms with van der Waals surface area (Å²) in [4.78, 5) is 38.1. The van der Waals surface area contributed by atoms with Crippen molar-refractivity contribution in [2.24, 2.45) is 5.92 Å². The van der Waals surface area contributed by atoms with Crippen molar-refractivity contribution in [2.75, 3.05) is 19.7 Å². The molecular weight excluding hydrogens is 444 g/mol. The van der Waals surface area contributed by atoms with Gasteiger partial charge in [0.05, 0.1) is 12.0 Å². The number of benzene rings is 2. The average Bonchev–Trinajstić information content (AvgIpc) is 3.11. The van der Waals surface area contributed by atoms with Gasteiger partial charge in [-0.1, -0.05) is 48.5 Å². The van der Waals surface area contributed by atoms with Crippen molar-refractivity contribution in [2.45, 2.75) is 56.4 Å². The van der Waals surface area contributed by atoms with Gasteiger partial charge in [-0.25, -0.2) is 4.79 Å². The van der Waals surface area contributed by atoms with Gasteiger partial charge in [-0.15, -0.1) is 0 Å². The molecule has 0 atom stereocenters. The molecule has 1 saturated carbocycles. The van der Waals surface area contributed by atoms with E-state index in [9.17, 15) is 14.4 Å². The molecule has 2 N–H and O–H groups in total. The first-order valence-corrected chi connectivity index (χ1v) is 12.6. The molecule has 35 heavy (non-hydrogen) atoms. The first-order valence-electron chi connectivity index (χ1n) is 12.6. The molecule has 5 rings (SSSR count). The molecule has 2 aromatic rings. The maximum absolute atomic E-state index is 12.8. The van der Waals surface area contributed by atoms with Gasteiger partial charge in [0.2, 0.25) is 5.91 Å². The number of alkyl carbamates (subject to hydrolysis) is 1. The van der Waals surface area contributed by atoms with Crippen molar-refractivity contribution in [3.63, 3.8) is 0 Å². The Hall–Kier alpha value is -3.35. The summed E-state index contributed by atoms with van der Waals surface area (Å²) in [5, 5.41) is 11.8. The van der Waals surface area contributed by atoms with Crippen LogP contribution in [0.15, 0.2) is 48.5 Å². The fourth-order valence-corrected chi connectivity index (χ4v) is 5.70. The number of likely N-dealkylation sites (tertiary alicyclic amines) is 1. The molecule has 2 aliphatic carbocycles. The van der Waals surface area contributed by atoms with Crippen LogP contribution in [0.3, 0.4) is 0 Å². The summed E-state index contributed by atoms with van der Waals surface area (Å²) in [5.74, 6) is -0.335. The molecule has 0 bridgehead atoms. The van der Waals surface area contributed by atoms with E-state index in [0.29, 0.717) is 31.8 Å². The van der Waals surface area contributed by atoms with Gasteiger partial charge in [-0.3, -0.25) is 9.59 Å². The maximum atomic E-state index is 12.8. The number of hydrogen-bond donors (Lipinski definition) is 2. The first-order chi connectivity index (χ1) is 16.9. The summed E-state index contributed by atoms with van der Waals surface area (Å²) in [7, 11) is 0. The number of carboxylic acids is 1. The lowest BCUT2D eigenvalue weighted by Crippen LogP contribution is -2.58. The molecule has 1 saturated heterocycles. The molecule has 184 valence electrons. The third-order valence-electron chi connectivity index (χ3n) is 7.82. The van der Waals surface area contributed by atoms with E-state index in [2.05, 4.69) is 29.6 Å². The summed E-state index contributed by atoms with van der Waals surface area (Å²) in [5.41, 5.74) is 4.20. The second-order valence-corrected chi connectivity index (χ2v) is 10.2. The SMILES string of the molecule is O=C(O)CCCC1CN(C(=O)CC2(NC(=O)OCC3c4ccccc4-c4ccccc43)CCC2)C1. The molecular formula is C28H32N2O5. The van der Waals surface area contributed by atoms with E-state index < -0.39 is 17.6 Å². The minimum Gasteiger partial charge on any atom is -0.481 e. The van der Waals surface area contributed by atoms with Crippen LogP contribution in [0.1, 0.15) is 62.0 Å². The first kappa shape index (κ1) is 23.4. The Morgan fingerprint density at radius 1 is 1.00 bits per heavy atom. The van der Waals surface area contributed by atoms with Gasteiger partial charge < -0.3 is 20.1 Å². The number of carbonyl (C=O) groups excluding carboxylic acids is 2. The number of ether oxygens (including phenoxy) is 1. The third-order valence-corrected chi connectivity index (χ3v) is 7.82. The average molecular weight is 477 g/mol. The van der Waals surface area contributed by atoms with Crippen LogP contribution in [0.4, 0.5) is 4.79 Å². The normalized spacial score (nSPS) is 18.1. The van der Waals surface area contributed by atoms with Gasteiger partial charge in [0.25, 0.3) is 0 Å². The molecule has 3 aliphatic rings. The lowest BCUT2D eigenvalue weighted by molar-refractivity contribution is -0.141. The third kappa shape index (κ3) is 4.90. The molecule has 0 unspecified atom stereocenters. The predicted molar refractivity (Wildman–Crippen MR) is 131 cm³/mol. The highest BCUT2D eigenvalue weighted by atomic mass is 16.5. The summed E-state index contributed by atoms with van der Waals surface area (Å²) in [6.07, 6.45) is 4.02. The standard InChI is InChI=1S/C28H32N2O5/c31-25(30-16-19(17-30)7-5-12-26(32)33)15-28(13-6-14-28)29-27(34)35-18-24-22-10-3-1-8-20(22)21-9-2-4-11-23(21)24/h1-4,8-11,19,24H,5-7,12-18H2,(H,29,34)(H,32,33). The zero-order chi connectivity index (χ0) is 24.4. The predicted octanol–water partition coefficient (Wildman–Crippen LogP) is 4.55. The molecule has 0 spiro atoms. The van der Waals surface area contributed by atoms with E-state index in [4.69, 9.17) is 9.84 Å². The molecule has 0 radical (unpaired) electrons. The van der Waals surface area contributed by atoms with Crippen LogP contribution in [0.2, 0.25) is 0 Å². The highest BCUT2D eigenvalue weighted by Crippen LogP contribution is 2.44. The smallest absolute Gasteiger partial charge is 0.407 e. The van der Waals surface area contributed by atoms with Gasteiger partial charge in [-0.05, 0) is 60.3 Å². The monoisotopic (exact) mass is 476 g/mol. The largest absolute Gasteiger partial charge is 0.481 e. The number of nitrogens with zero attached hydrogens (tertiary/aromatic N) is 1. The lowest BCUT2D eigenvalue weighted by atomic mass is 9.74. The van der Waals surface area contributed by atoms with E-state index in [0.717, 1.165) is 25.7 Å². The Bertz CT molecular complexity index is 1070. The molecule has 2 fully saturated rings. The van der Waals surface area contributed by atoms with Crippen molar-refractivity contribution in [1.82, 2.24) is 10.2 Å².